The third-order valence-electron chi connectivity index (χ3n) is 8.62. The van der Waals surface area contributed by atoms with Crippen LogP contribution in [0.5, 0.6) is 0 Å². The monoisotopic (exact) mass is 413 g/mol. The van der Waals surface area contributed by atoms with E-state index < -0.39 is 0 Å². The Morgan fingerprint density at radius 3 is 1.30 bits per heavy atom. The van der Waals surface area contributed by atoms with E-state index in [4.69, 9.17) is 15.0 Å². The molecule has 0 spiro atoms. The smallest absolute Gasteiger partial charge is 0.138 e. The Kier molecular flexibility index (Phi) is 6.82. The average molecular weight is 414 g/mol. The molecule has 3 saturated carbocycles. The summed E-state index contributed by atoms with van der Waals surface area (Å²) in [5.41, 5.74) is 0. The molecule has 1 aromatic heterocycles. The number of hydrogen-bond acceptors (Lipinski definition) is 4. The Hall–Kier alpha value is -1.03. The van der Waals surface area contributed by atoms with E-state index in [1.54, 1.807) is 0 Å². The largest absolute Gasteiger partial charge is 0.392 e. The Morgan fingerprint density at radius 2 is 0.900 bits per heavy atom. The fourth-order valence-electron chi connectivity index (χ4n) is 6.67. The second kappa shape index (κ2) is 9.22. The van der Waals surface area contributed by atoms with Crippen LogP contribution in [0.2, 0.25) is 0 Å². The van der Waals surface area contributed by atoms with E-state index >= 15 is 0 Å². The number of aliphatic hydroxyl groups is 1. The molecule has 4 heteroatoms. The Balaban J connectivity index is 1.69. The predicted octanol–water partition coefficient (Wildman–Crippen LogP) is 6.22. The van der Waals surface area contributed by atoms with Gasteiger partial charge in [-0.15, -0.1) is 0 Å². The normalized spacial score (nSPS) is 42.8. The Morgan fingerprint density at radius 1 is 0.533 bits per heavy atom. The SMILES string of the molecule is CC1CCC(c2nc(C3CCC(C)CC3C)nc(C3CCC(C)CC3O)n2)C(C)C1. The average Bonchev–Trinajstić information content (AvgIpc) is 2.67. The van der Waals surface area contributed by atoms with Crippen LogP contribution in [0.1, 0.15) is 128 Å². The lowest BCUT2D eigenvalue weighted by Gasteiger charge is -2.35. The van der Waals surface area contributed by atoms with Crippen LogP contribution in [0.3, 0.4) is 0 Å². The van der Waals surface area contributed by atoms with Gasteiger partial charge in [0.15, 0.2) is 0 Å². The zero-order valence-electron chi connectivity index (χ0n) is 19.8. The molecular weight excluding hydrogens is 370 g/mol. The summed E-state index contributed by atoms with van der Waals surface area (Å²) in [6.45, 7) is 11.8. The lowest BCUT2D eigenvalue weighted by Crippen LogP contribution is -2.31. The molecule has 1 N–H and O–H groups in total. The lowest BCUT2D eigenvalue weighted by molar-refractivity contribution is 0.0794. The summed E-state index contributed by atoms with van der Waals surface area (Å²) in [7, 11) is 0. The van der Waals surface area contributed by atoms with Gasteiger partial charge in [0.1, 0.15) is 17.5 Å². The van der Waals surface area contributed by atoms with Crippen molar-refractivity contribution in [3.05, 3.63) is 17.5 Å². The van der Waals surface area contributed by atoms with Crippen molar-refractivity contribution in [3.63, 3.8) is 0 Å². The van der Waals surface area contributed by atoms with Crippen molar-refractivity contribution in [2.75, 3.05) is 0 Å². The third-order valence-corrected chi connectivity index (χ3v) is 8.62. The van der Waals surface area contributed by atoms with E-state index in [2.05, 4.69) is 34.6 Å². The van der Waals surface area contributed by atoms with E-state index in [1.807, 2.05) is 0 Å². The van der Waals surface area contributed by atoms with Crippen LogP contribution in [-0.2, 0) is 0 Å². The van der Waals surface area contributed by atoms with Gasteiger partial charge in [0, 0.05) is 17.8 Å². The van der Waals surface area contributed by atoms with Crippen LogP contribution in [-0.4, -0.2) is 26.2 Å². The fourth-order valence-corrected chi connectivity index (χ4v) is 6.67. The second-order valence-electron chi connectivity index (χ2n) is 11.5. The van der Waals surface area contributed by atoms with Gasteiger partial charge in [-0.2, -0.15) is 0 Å². The first-order valence-electron chi connectivity index (χ1n) is 12.8. The highest BCUT2D eigenvalue weighted by Gasteiger charge is 2.36. The van der Waals surface area contributed by atoms with Crippen molar-refractivity contribution in [2.24, 2.45) is 29.6 Å². The van der Waals surface area contributed by atoms with Crippen LogP contribution in [0.15, 0.2) is 0 Å². The minimum absolute atomic E-state index is 0.0809. The molecule has 1 heterocycles. The summed E-state index contributed by atoms with van der Waals surface area (Å²) in [5, 5.41) is 10.9. The molecule has 1 aromatic rings. The summed E-state index contributed by atoms with van der Waals surface area (Å²) >= 11 is 0. The lowest BCUT2D eigenvalue weighted by atomic mass is 9.74. The van der Waals surface area contributed by atoms with Crippen LogP contribution in [0.25, 0.3) is 0 Å². The first-order chi connectivity index (χ1) is 14.3. The molecular formula is C26H43N3O. The Labute approximate surface area is 183 Å². The van der Waals surface area contributed by atoms with E-state index in [9.17, 15) is 5.11 Å². The zero-order chi connectivity index (χ0) is 21.4. The molecule has 0 saturated heterocycles. The molecule has 9 unspecified atom stereocenters. The van der Waals surface area contributed by atoms with Gasteiger partial charge in [0.05, 0.1) is 6.10 Å². The number of hydrogen-bond donors (Lipinski definition) is 1. The van der Waals surface area contributed by atoms with Crippen molar-refractivity contribution in [1.29, 1.82) is 0 Å². The second-order valence-corrected chi connectivity index (χ2v) is 11.5. The van der Waals surface area contributed by atoms with Crippen molar-refractivity contribution < 1.29 is 5.11 Å². The molecule has 30 heavy (non-hydrogen) atoms. The minimum Gasteiger partial charge on any atom is -0.392 e. The van der Waals surface area contributed by atoms with Gasteiger partial charge >= 0.3 is 0 Å². The van der Waals surface area contributed by atoms with Gasteiger partial charge in [-0.3, -0.25) is 0 Å². The molecule has 0 bridgehead atoms. The standard InChI is InChI=1S/C26H43N3O/c1-15-6-9-20(18(4)12-15)24-27-25(21-10-7-16(2)13-19(21)5)29-26(28-24)22-11-8-17(3)14-23(22)30/h15-23,30H,6-14H2,1-5H3. The van der Waals surface area contributed by atoms with Crippen LogP contribution in [0, 0.1) is 29.6 Å². The third kappa shape index (κ3) is 4.74. The summed E-state index contributed by atoms with van der Waals surface area (Å²) < 4.78 is 0. The molecule has 4 nitrogen and oxygen atoms in total. The molecule has 3 aliphatic carbocycles. The van der Waals surface area contributed by atoms with E-state index in [-0.39, 0.29) is 12.0 Å². The summed E-state index contributed by atoms with van der Waals surface area (Å²) in [5.74, 6) is 7.38. The number of nitrogens with zero attached hydrogens (tertiary/aromatic N) is 3. The molecule has 4 rings (SSSR count). The number of rotatable bonds is 3. The maximum absolute atomic E-state index is 10.9. The van der Waals surface area contributed by atoms with Gasteiger partial charge in [0.25, 0.3) is 0 Å². The molecule has 0 amide bonds. The summed E-state index contributed by atoms with van der Waals surface area (Å²) in [4.78, 5) is 15.3. The Bertz CT molecular complexity index is 615. The summed E-state index contributed by atoms with van der Waals surface area (Å²) in [6, 6.07) is 0. The van der Waals surface area contributed by atoms with Gasteiger partial charge in [-0.05, 0) is 87.4 Å². The van der Waals surface area contributed by atoms with Crippen molar-refractivity contribution in [1.82, 2.24) is 15.0 Å². The highest BCUT2D eigenvalue weighted by atomic mass is 16.3. The predicted molar refractivity (Wildman–Crippen MR) is 121 cm³/mol. The topological polar surface area (TPSA) is 58.9 Å². The molecule has 0 aliphatic heterocycles. The quantitative estimate of drug-likeness (QED) is 0.639. The van der Waals surface area contributed by atoms with Gasteiger partial charge in [-0.25, -0.2) is 15.0 Å². The molecule has 3 fully saturated rings. The van der Waals surface area contributed by atoms with Crippen molar-refractivity contribution in [2.45, 2.75) is 116 Å². The molecule has 9 atom stereocenters. The van der Waals surface area contributed by atoms with Crippen LogP contribution >= 0.6 is 0 Å². The van der Waals surface area contributed by atoms with Crippen LogP contribution in [0.4, 0.5) is 0 Å². The van der Waals surface area contributed by atoms with E-state index in [0.29, 0.717) is 29.6 Å². The summed E-state index contributed by atoms with van der Waals surface area (Å²) in [6.07, 6.45) is 10.2. The van der Waals surface area contributed by atoms with E-state index in [1.165, 1.54) is 38.5 Å². The minimum atomic E-state index is -0.315. The molecule has 0 radical (unpaired) electrons. The van der Waals surface area contributed by atoms with Crippen molar-refractivity contribution >= 4 is 0 Å². The van der Waals surface area contributed by atoms with Gasteiger partial charge < -0.3 is 5.11 Å². The highest BCUT2D eigenvalue weighted by Crippen LogP contribution is 2.43. The fraction of sp³-hybridized carbons (Fsp3) is 0.885. The first kappa shape index (κ1) is 22.2. The van der Waals surface area contributed by atoms with Crippen LogP contribution < -0.4 is 0 Å². The maximum atomic E-state index is 10.9. The van der Waals surface area contributed by atoms with Gasteiger partial charge in [-0.1, -0.05) is 34.6 Å². The van der Waals surface area contributed by atoms with Crippen molar-refractivity contribution in [3.8, 4) is 0 Å². The van der Waals surface area contributed by atoms with E-state index in [0.717, 1.165) is 48.6 Å². The highest BCUT2D eigenvalue weighted by molar-refractivity contribution is 5.13. The molecule has 0 aromatic carbocycles. The first-order valence-corrected chi connectivity index (χ1v) is 12.8. The molecule has 3 aliphatic rings. The zero-order valence-corrected chi connectivity index (χ0v) is 19.8. The molecule has 168 valence electrons. The number of aromatic nitrogens is 3. The van der Waals surface area contributed by atoms with Gasteiger partial charge in [0.2, 0.25) is 0 Å². The number of aliphatic hydroxyl groups excluding tert-OH is 1. The maximum Gasteiger partial charge on any atom is 0.138 e.